The minimum atomic E-state index is -0.241. The van der Waals surface area contributed by atoms with Crippen molar-refractivity contribution in [2.45, 2.75) is 6.92 Å². The zero-order valence-electron chi connectivity index (χ0n) is 13.4. The largest absolute Gasteiger partial charge is 0.494 e. The van der Waals surface area contributed by atoms with E-state index in [2.05, 4.69) is 10.6 Å². The Morgan fingerprint density at radius 2 is 1.67 bits per heavy atom. The fraction of sp³-hybridized carbons (Fsp3) is 0.294. The van der Waals surface area contributed by atoms with Crippen LogP contribution in [0.2, 0.25) is 0 Å². The molecule has 0 radical (unpaired) electrons. The monoisotopic (exact) mass is 348 g/mol. The summed E-state index contributed by atoms with van der Waals surface area (Å²) in [4.78, 5) is 24.0. The smallest absolute Gasteiger partial charge is 0.261 e. The van der Waals surface area contributed by atoms with Crippen LogP contribution in [-0.2, 0) is 4.79 Å². The maximum absolute atomic E-state index is 11.7. The summed E-state index contributed by atoms with van der Waals surface area (Å²) in [7, 11) is 0. The zero-order chi connectivity index (χ0) is 17.2. The van der Waals surface area contributed by atoms with Crippen LogP contribution < -0.4 is 20.1 Å². The van der Waals surface area contributed by atoms with Crippen molar-refractivity contribution in [1.82, 2.24) is 10.6 Å². The minimum absolute atomic E-state index is 0.0765. The Kier molecular flexibility index (Phi) is 7.10. The second-order valence-corrected chi connectivity index (χ2v) is 5.72. The second-order valence-electron chi connectivity index (χ2n) is 4.78. The molecule has 2 amide bonds. The first-order valence-corrected chi connectivity index (χ1v) is 8.51. The van der Waals surface area contributed by atoms with Crippen molar-refractivity contribution in [2.75, 3.05) is 26.3 Å². The fourth-order valence-corrected chi connectivity index (χ4v) is 2.51. The van der Waals surface area contributed by atoms with Crippen molar-refractivity contribution in [1.29, 1.82) is 0 Å². The molecule has 0 spiro atoms. The lowest BCUT2D eigenvalue weighted by molar-refractivity contribution is -0.123. The number of carbonyl (C=O) groups excluding carboxylic acids is 2. The lowest BCUT2D eigenvalue weighted by Crippen LogP contribution is -2.36. The minimum Gasteiger partial charge on any atom is -0.494 e. The molecular weight excluding hydrogens is 328 g/mol. The van der Waals surface area contributed by atoms with E-state index >= 15 is 0 Å². The molecule has 0 aliphatic heterocycles. The molecule has 0 atom stereocenters. The number of carbonyl (C=O) groups is 2. The highest BCUT2D eigenvalue weighted by atomic mass is 32.1. The van der Waals surface area contributed by atoms with Crippen LogP contribution >= 0.6 is 11.3 Å². The highest BCUT2D eigenvalue weighted by Gasteiger charge is 2.06. The molecule has 0 bridgehead atoms. The number of benzene rings is 1. The summed E-state index contributed by atoms with van der Waals surface area (Å²) in [5.41, 5.74) is 0. The number of hydrogen-bond donors (Lipinski definition) is 2. The Morgan fingerprint density at radius 1 is 1.00 bits per heavy atom. The first-order chi connectivity index (χ1) is 11.7. The normalized spacial score (nSPS) is 10.0. The standard InChI is InChI=1S/C17H20N2O4S/c1-2-22-13-5-7-14(8-6-13)23-12-16(20)18-9-10-19-17(21)15-4-3-11-24-15/h3-8,11H,2,9-10,12H2,1H3,(H,18,20)(H,19,21). The number of ether oxygens (including phenoxy) is 2. The van der Waals surface area contributed by atoms with Crippen LogP contribution in [0, 0.1) is 0 Å². The Morgan fingerprint density at radius 3 is 2.29 bits per heavy atom. The molecule has 2 aromatic rings. The number of thiophene rings is 1. The number of hydrogen-bond acceptors (Lipinski definition) is 5. The predicted molar refractivity (Wildman–Crippen MR) is 92.8 cm³/mol. The predicted octanol–water partition coefficient (Wildman–Crippen LogP) is 2.07. The van der Waals surface area contributed by atoms with Gasteiger partial charge in [-0.05, 0) is 42.6 Å². The van der Waals surface area contributed by atoms with Gasteiger partial charge in [0.2, 0.25) is 0 Å². The third kappa shape index (κ3) is 5.92. The van der Waals surface area contributed by atoms with Crippen LogP contribution in [0.25, 0.3) is 0 Å². The van der Waals surface area contributed by atoms with E-state index in [1.165, 1.54) is 11.3 Å². The molecule has 6 nitrogen and oxygen atoms in total. The van der Waals surface area contributed by atoms with Gasteiger partial charge in [-0.3, -0.25) is 9.59 Å². The van der Waals surface area contributed by atoms with Gasteiger partial charge in [-0.1, -0.05) is 6.07 Å². The van der Waals surface area contributed by atoms with E-state index in [-0.39, 0.29) is 18.4 Å². The molecule has 0 fully saturated rings. The molecule has 1 aromatic heterocycles. The van der Waals surface area contributed by atoms with Crippen molar-refractivity contribution in [3.8, 4) is 11.5 Å². The van der Waals surface area contributed by atoms with Gasteiger partial charge in [0.15, 0.2) is 6.61 Å². The molecule has 1 heterocycles. The Bertz CT molecular complexity index is 641. The second kappa shape index (κ2) is 9.57. The molecule has 2 N–H and O–H groups in total. The lowest BCUT2D eigenvalue weighted by atomic mass is 10.3. The zero-order valence-corrected chi connectivity index (χ0v) is 14.2. The van der Waals surface area contributed by atoms with Crippen molar-refractivity contribution in [3.05, 3.63) is 46.7 Å². The van der Waals surface area contributed by atoms with Crippen molar-refractivity contribution in [3.63, 3.8) is 0 Å². The van der Waals surface area contributed by atoms with E-state index in [0.717, 1.165) is 5.75 Å². The molecular formula is C17H20N2O4S. The van der Waals surface area contributed by atoms with Gasteiger partial charge >= 0.3 is 0 Å². The van der Waals surface area contributed by atoms with Gasteiger partial charge in [-0.2, -0.15) is 0 Å². The maximum Gasteiger partial charge on any atom is 0.261 e. The first kappa shape index (κ1) is 17.8. The van der Waals surface area contributed by atoms with Crippen LogP contribution in [0.3, 0.4) is 0 Å². The molecule has 1 aromatic carbocycles. The first-order valence-electron chi connectivity index (χ1n) is 7.63. The van der Waals surface area contributed by atoms with Gasteiger partial charge in [0, 0.05) is 13.1 Å². The van der Waals surface area contributed by atoms with E-state index in [1.807, 2.05) is 18.4 Å². The molecule has 0 aliphatic rings. The lowest BCUT2D eigenvalue weighted by Gasteiger charge is -2.09. The summed E-state index contributed by atoms with van der Waals surface area (Å²) in [5, 5.41) is 7.26. The van der Waals surface area contributed by atoms with Gasteiger partial charge in [0.1, 0.15) is 11.5 Å². The van der Waals surface area contributed by atoms with Gasteiger partial charge in [0.05, 0.1) is 11.5 Å². The van der Waals surface area contributed by atoms with E-state index in [1.54, 1.807) is 30.3 Å². The van der Waals surface area contributed by atoms with Crippen LogP contribution in [-0.4, -0.2) is 38.1 Å². The molecule has 128 valence electrons. The van der Waals surface area contributed by atoms with E-state index in [9.17, 15) is 9.59 Å². The molecule has 0 saturated carbocycles. The maximum atomic E-state index is 11.7. The van der Waals surface area contributed by atoms with Crippen molar-refractivity contribution >= 4 is 23.2 Å². The van der Waals surface area contributed by atoms with Crippen LogP contribution in [0.15, 0.2) is 41.8 Å². The quantitative estimate of drug-likeness (QED) is 0.680. The summed E-state index contributed by atoms with van der Waals surface area (Å²) in [6.45, 7) is 3.16. The topological polar surface area (TPSA) is 76.7 Å². The van der Waals surface area contributed by atoms with E-state index in [0.29, 0.717) is 30.3 Å². The van der Waals surface area contributed by atoms with E-state index < -0.39 is 0 Å². The Hall–Kier alpha value is -2.54. The van der Waals surface area contributed by atoms with Crippen LogP contribution in [0.4, 0.5) is 0 Å². The third-order valence-electron chi connectivity index (χ3n) is 2.98. The molecule has 7 heteroatoms. The molecule has 0 unspecified atom stereocenters. The molecule has 2 rings (SSSR count). The fourth-order valence-electron chi connectivity index (χ4n) is 1.87. The average Bonchev–Trinajstić information content (AvgIpc) is 3.13. The summed E-state index contributed by atoms with van der Waals surface area (Å²) in [5.74, 6) is 0.981. The summed E-state index contributed by atoms with van der Waals surface area (Å²) in [6.07, 6.45) is 0. The average molecular weight is 348 g/mol. The van der Waals surface area contributed by atoms with Crippen molar-refractivity contribution in [2.24, 2.45) is 0 Å². The number of nitrogens with one attached hydrogen (secondary N) is 2. The molecule has 24 heavy (non-hydrogen) atoms. The highest BCUT2D eigenvalue weighted by Crippen LogP contribution is 2.17. The van der Waals surface area contributed by atoms with Crippen LogP contribution in [0.1, 0.15) is 16.6 Å². The van der Waals surface area contributed by atoms with E-state index in [4.69, 9.17) is 9.47 Å². The van der Waals surface area contributed by atoms with Crippen LogP contribution in [0.5, 0.6) is 11.5 Å². The number of amides is 2. The van der Waals surface area contributed by atoms with Gasteiger partial charge in [0.25, 0.3) is 11.8 Å². The van der Waals surface area contributed by atoms with Gasteiger partial charge in [-0.25, -0.2) is 0 Å². The van der Waals surface area contributed by atoms with Crippen molar-refractivity contribution < 1.29 is 19.1 Å². The summed E-state index contributed by atoms with van der Waals surface area (Å²) in [6, 6.07) is 10.6. The number of rotatable bonds is 9. The van der Waals surface area contributed by atoms with Gasteiger partial charge in [-0.15, -0.1) is 11.3 Å². The molecule has 0 aliphatic carbocycles. The SMILES string of the molecule is CCOc1ccc(OCC(=O)NCCNC(=O)c2cccs2)cc1. The summed E-state index contributed by atoms with van der Waals surface area (Å²) < 4.78 is 10.7. The Balaban J connectivity index is 1.60. The third-order valence-corrected chi connectivity index (χ3v) is 3.85. The Labute approximate surface area is 144 Å². The van der Waals surface area contributed by atoms with Gasteiger partial charge < -0.3 is 20.1 Å². The summed E-state index contributed by atoms with van der Waals surface area (Å²) >= 11 is 1.38. The highest BCUT2D eigenvalue weighted by molar-refractivity contribution is 7.12. The molecule has 0 saturated heterocycles.